The Bertz CT molecular complexity index is 272. The molecular weight excluding hydrogens is 248 g/mol. The van der Waals surface area contributed by atoms with Crippen molar-refractivity contribution in [2.45, 2.75) is 69.9 Å². The molecule has 0 spiro atoms. The van der Waals surface area contributed by atoms with Crippen LogP contribution in [0.25, 0.3) is 0 Å². The van der Waals surface area contributed by atoms with Gasteiger partial charge in [0.2, 0.25) is 0 Å². The topological polar surface area (TPSA) is 24.5 Å². The highest BCUT2D eigenvalue weighted by Crippen LogP contribution is 2.27. The highest BCUT2D eigenvalue weighted by atomic mass is 16.5. The Kier molecular flexibility index (Phi) is 5.75. The fourth-order valence-electron chi connectivity index (χ4n) is 4.26. The fourth-order valence-corrected chi connectivity index (χ4v) is 4.26. The van der Waals surface area contributed by atoms with E-state index in [0.29, 0.717) is 6.10 Å². The van der Waals surface area contributed by atoms with Crippen molar-refractivity contribution in [3.8, 4) is 0 Å². The Morgan fingerprint density at radius 1 is 1.00 bits per heavy atom. The molecule has 2 heterocycles. The second-order valence-electron chi connectivity index (χ2n) is 7.04. The number of hydrogen-bond donors (Lipinski definition) is 1. The van der Waals surface area contributed by atoms with Gasteiger partial charge in [-0.3, -0.25) is 0 Å². The maximum atomic E-state index is 5.87. The fraction of sp³-hybridized carbons (Fsp3) is 1.00. The Morgan fingerprint density at radius 2 is 1.85 bits per heavy atom. The highest BCUT2D eigenvalue weighted by molar-refractivity contribution is 4.86. The molecule has 3 fully saturated rings. The predicted molar refractivity (Wildman–Crippen MR) is 83.0 cm³/mol. The molecule has 1 saturated carbocycles. The van der Waals surface area contributed by atoms with E-state index in [-0.39, 0.29) is 0 Å². The van der Waals surface area contributed by atoms with Crippen LogP contribution in [0.2, 0.25) is 0 Å². The summed E-state index contributed by atoms with van der Waals surface area (Å²) in [7, 11) is 0. The Hall–Kier alpha value is -0.120. The first-order valence-corrected chi connectivity index (χ1v) is 8.99. The van der Waals surface area contributed by atoms with Crippen LogP contribution in [-0.4, -0.2) is 49.8 Å². The van der Waals surface area contributed by atoms with Gasteiger partial charge in [-0.2, -0.15) is 0 Å². The van der Waals surface area contributed by atoms with Gasteiger partial charge in [0.15, 0.2) is 0 Å². The van der Waals surface area contributed by atoms with E-state index in [1.165, 1.54) is 84.0 Å². The molecular formula is C17H32N2O. The lowest BCUT2D eigenvalue weighted by molar-refractivity contribution is 0.00307. The van der Waals surface area contributed by atoms with Crippen LogP contribution in [-0.2, 0) is 4.74 Å². The Labute approximate surface area is 124 Å². The monoisotopic (exact) mass is 280 g/mol. The SMILES string of the molecule is C1CCC(C2CN(CCC3CCCCO3)CCN2)CC1. The van der Waals surface area contributed by atoms with Crippen molar-refractivity contribution in [1.29, 1.82) is 0 Å². The Morgan fingerprint density at radius 3 is 2.65 bits per heavy atom. The van der Waals surface area contributed by atoms with Crippen molar-refractivity contribution in [2.24, 2.45) is 5.92 Å². The molecule has 3 rings (SSSR count). The number of hydrogen-bond acceptors (Lipinski definition) is 3. The summed E-state index contributed by atoms with van der Waals surface area (Å²) >= 11 is 0. The van der Waals surface area contributed by atoms with Gasteiger partial charge in [-0.25, -0.2) is 0 Å². The van der Waals surface area contributed by atoms with Gasteiger partial charge in [-0.1, -0.05) is 19.3 Å². The highest BCUT2D eigenvalue weighted by Gasteiger charge is 2.28. The predicted octanol–water partition coefficient (Wildman–Crippen LogP) is 2.80. The molecule has 1 aliphatic carbocycles. The molecule has 116 valence electrons. The van der Waals surface area contributed by atoms with Crippen LogP contribution in [0.4, 0.5) is 0 Å². The van der Waals surface area contributed by atoms with Gasteiger partial charge in [-0.15, -0.1) is 0 Å². The number of piperazine rings is 1. The number of nitrogens with one attached hydrogen (secondary N) is 1. The van der Waals surface area contributed by atoms with Gasteiger partial charge in [0.1, 0.15) is 0 Å². The first-order valence-electron chi connectivity index (χ1n) is 8.99. The smallest absolute Gasteiger partial charge is 0.0587 e. The van der Waals surface area contributed by atoms with Gasteiger partial charge in [0.25, 0.3) is 0 Å². The minimum absolute atomic E-state index is 0.548. The van der Waals surface area contributed by atoms with E-state index < -0.39 is 0 Å². The zero-order chi connectivity index (χ0) is 13.6. The minimum Gasteiger partial charge on any atom is -0.378 e. The molecule has 20 heavy (non-hydrogen) atoms. The molecule has 0 aromatic heterocycles. The van der Waals surface area contributed by atoms with Crippen LogP contribution in [0.5, 0.6) is 0 Å². The third-order valence-corrected chi connectivity index (χ3v) is 5.55. The molecule has 2 atom stereocenters. The standard InChI is InChI=1S/C17H32N2O/c1-2-6-15(7-3-1)17-14-19(12-10-18-17)11-9-16-8-4-5-13-20-16/h15-18H,1-14H2. The molecule has 2 aliphatic heterocycles. The summed E-state index contributed by atoms with van der Waals surface area (Å²) < 4.78 is 5.87. The normalized spacial score (nSPS) is 34.2. The molecule has 3 aliphatic rings. The Balaban J connectivity index is 1.40. The van der Waals surface area contributed by atoms with Crippen molar-refractivity contribution < 1.29 is 4.74 Å². The summed E-state index contributed by atoms with van der Waals surface area (Å²) in [6.45, 7) is 5.94. The summed E-state index contributed by atoms with van der Waals surface area (Å²) in [6.07, 6.45) is 13.0. The van der Waals surface area contributed by atoms with Gasteiger partial charge in [-0.05, 0) is 44.4 Å². The van der Waals surface area contributed by atoms with Gasteiger partial charge >= 0.3 is 0 Å². The van der Waals surface area contributed by atoms with E-state index in [9.17, 15) is 0 Å². The second kappa shape index (κ2) is 7.77. The molecule has 3 heteroatoms. The summed E-state index contributed by atoms with van der Waals surface area (Å²) in [6, 6.07) is 0.760. The van der Waals surface area contributed by atoms with E-state index in [4.69, 9.17) is 4.74 Å². The number of nitrogens with zero attached hydrogens (tertiary/aromatic N) is 1. The maximum Gasteiger partial charge on any atom is 0.0587 e. The van der Waals surface area contributed by atoms with E-state index in [0.717, 1.165) is 18.6 Å². The lowest BCUT2D eigenvalue weighted by Crippen LogP contribution is -2.54. The first kappa shape index (κ1) is 14.8. The van der Waals surface area contributed by atoms with Crippen LogP contribution >= 0.6 is 0 Å². The second-order valence-corrected chi connectivity index (χ2v) is 7.04. The lowest BCUT2D eigenvalue weighted by Gasteiger charge is -2.39. The first-order chi connectivity index (χ1) is 9.92. The van der Waals surface area contributed by atoms with Crippen molar-refractivity contribution in [3.63, 3.8) is 0 Å². The van der Waals surface area contributed by atoms with Crippen LogP contribution < -0.4 is 5.32 Å². The molecule has 0 aromatic carbocycles. The van der Waals surface area contributed by atoms with Crippen molar-refractivity contribution in [2.75, 3.05) is 32.8 Å². The van der Waals surface area contributed by atoms with Gasteiger partial charge < -0.3 is 15.0 Å². The summed E-state index contributed by atoms with van der Waals surface area (Å²) in [5.41, 5.74) is 0. The quantitative estimate of drug-likeness (QED) is 0.857. The van der Waals surface area contributed by atoms with Gasteiger partial charge in [0.05, 0.1) is 6.10 Å². The molecule has 1 N–H and O–H groups in total. The zero-order valence-electron chi connectivity index (χ0n) is 13.0. The third-order valence-electron chi connectivity index (χ3n) is 5.55. The lowest BCUT2D eigenvalue weighted by atomic mass is 9.83. The molecule has 0 aromatic rings. The van der Waals surface area contributed by atoms with Crippen molar-refractivity contribution >= 4 is 0 Å². The molecule has 0 bridgehead atoms. The van der Waals surface area contributed by atoms with E-state index in [1.807, 2.05) is 0 Å². The molecule has 3 nitrogen and oxygen atoms in total. The average Bonchev–Trinajstić information content (AvgIpc) is 2.55. The van der Waals surface area contributed by atoms with E-state index in [1.54, 1.807) is 0 Å². The average molecular weight is 280 g/mol. The number of ether oxygens (including phenoxy) is 1. The molecule has 2 saturated heterocycles. The molecule has 0 radical (unpaired) electrons. The van der Waals surface area contributed by atoms with Gasteiger partial charge in [0, 0.05) is 38.8 Å². The van der Waals surface area contributed by atoms with Crippen LogP contribution in [0.15, 0.2) is 0 Å². The summed E-state index contributed by atoms with van der Waals surface area (Å²) in [5, 5.41) is 3.78. The van der Waals surface area contributed by atoms with Crippen LogP contribution in [0, 0.1) is 5.92 Å². The molecule has 2 unspecified atom stereocenters. The zero-order valence-corrected chi connectivity index (χ0v) is 13.0. The summed E-state index contributed by atoms with van der Waals surface area (Å²) in [4.78, 5) is 2.69. The number of rotatable bonds is 4. The largest absolute Gasteiger partial charge is 0.378 e. The third kappa shape index (κ3) is 4.19. The van der Waals surface area contributed by atoms with Crippen LogP contribution in [0.1, 0.15) is 57.8 Å². The minimum atomic E-state index is 0.548. The van der Waals surface area contributed by atoms with E-state index >= 15 is 0 Å². The van der Waals surface area contributed by atoms with E-state index in [2.05, 4.69) is 10.2 Å². The maximum absolute atomic E-state index is 5.87. The van der Waals surface area contributed by atoms with Crippen molar-refractivity contribution in [1.82, 2.24) is 10.2 Å². The molecule has 0 amide bonds. The summed E-state index contributed by atoms with van der Waals surface area (Å²) in [5.74, 6) is 0.942. The van der Waals surface area contributed by atoms with Crippen molar-refractivity contribution in [3.05, 3.63) is 0 Å². The van der Waals surface area contributed by atoms with Crippen LogP contribution in [0.3, 0.4) is 0 Å².